The smallest absolute Gasteiger partial charge is 0.185 e. The molecule has 0 amide bonds. The van der Waals surface area contributed by atoms with Gasteiger partial charge in [0.25, 0.3) is 0 Å². The summed E-state index contributed by atoms with van der Waals surface area (Å²) in [6.45, 7) is 3.68. The van der Waals surface area contributed by atoms with Crippen LogP contribution in [0.4, 0.5) is 11.5 Å². The number of hydrogen-bond donors (Lipinski definition) is 0. The molecule has 0 spiro atoms. The van der Waals surface area contributed by atoms with E-state index in [4.69, 9.17) is 9.84 Å². The van der Waals surface area contributed by atoms with Gasteiger partial charge in [0.05, 0.1) is 7.11 Å². The van der Waals surface area contributed by atoms with Gasteiger partial charge in [-0.05, 0) is 36.4 Å². The van der Waals surface area contributed by atoms with Gasteiger partial charge in [0.15, 0.2) is 11.5 Å². The molecule has 8 heteroatoms. The van der Waals surface area contributed by atoms with Gasteiger partial charge in [0, 0.05) is 49.8 Å². The second-order valence-electron chi connectivity index (χ2n) is 6.90. The van der Waals surface area contributed by atoms with Crippen molar-refractivity contribution in [3.63, 3.8) is 0 Å². The Kier molecular flexibility index (Phi) is 4.44. The summed E-state index contributed by atoms with van der Waals surface area (Å²) in [5.74, 6) is 2.41. The van der Waals surface area contributed by atoms with Crippen molar-refractivity contribution in [2.45, 2.75) is 0 Å². The number of aromatic nitrogens is 5. The highest BCUT2D eigenvalue weighted by Crippen LogP contribution is 2.24. The van der Waals surface area contributed by atoms with Gasteiger partial charge in [-0.25, -0.2) is 0 Å². The lowest BCUT2D eigenvalue weighted by atomic mass is 10.2. The summed E-state index contributed by atoms with van der Waals surface area (Å²) in [4.78, 5) is 8.77. The average molecular weight is 387 g/mol. The summed E-state index contributed by atoms with van der Waals surface area (Å²) in [6.07, 6.45) is 3.67. The summed E-state index contributed by atoms with van der Waals surface area (Å²) in [6, 6.07) is 15.9. The minimum atomic E-state index is 0.705. The van der Waals surface area contributed by atoms with Crippen LogP contribution in [-0.2, 0) is 0 Å². The number of methoxy groups -OCH3 is 1. The highest BCUT2D eigenvalue weighted by molar-refractivity contribution is 5.61. The molecular weight excluding hydrogens is 366 g/mol. The normalized spacial score (nSPS) is 14.4. The number of ether oxygens (including phenoxy) is 1. The number of rotatable bonds is 4. The fourth-order valence-corrected chi connectivity index (χ4v) is 3.64. The standard InChI is InChI=1S/C21H21N7O/c1-29-18-4-2-3-16(15-18)21-24-23-19-5-6-20(25-28(19)21)27-13-11-26(12-14-27)17-7-9-22-10-8-17/h2-10,15H,11-14H2,1H3. The molecule has 0 N–H and O–H groups in total. The molecule has 4 aromatic rings. The SMILES string of the molecule is COc1cccc(-c2nnc3ccc(N4CCN(c5ccncc5)CC4)nn23)c1. The van der Waals surface area contributed by atoms with E-state index in [1.165, 1.54) is 5.69 Å². The number of piperazine rings is 1. The third-order valence-electron chi connectivity index (χ3n) is 5.21. The number of pyridine rings is 1. The highest BCUT2D eigenvalue weighted by atomic mass is 16.5. The predicted octanol–water partition coefficient (Wildman–Crippen LogP) is 2.52. The molecule has 0 radical (unpaired) electrons. The maximum atomic E-state index is 5.34. The van der Waals surface area contributed by atoms with E-state index in [1.807, 2.05) is 48.8 Å². The van der Waals surface area contributed by atoms with Crippen LogP contribution >= 0.6 is 0 Å². The van der Waals surface area contributed by atoms with E-state index < -0.39 is 0 Å². The van der Waals surface area contributed by atoms with E-state index in [-0.39, 0.29) is 0 Å². The Morgan fingerprint density at radius 1 is 0.862 bits per heavy atom. The van der Waals surface area contributed by atoms with Crippen LogP contribution in [0.1, 0.15) is 0 Å². The van der Waals surface area contributed by atoms with Crippen LogP contribution in [0, 0.1) is 0 Å². The van der Waals surface area contributed by atoms with Crippen molar-refractivity contribution in [2.75, 3.05) is 43.1 Å². The van der Waals surface area contributed by atoms with E-state index in [0.29, 0.717) is 5.82 Å². The zero-order chi connectivity index (χ0) is 19.6. The first kappa shape index (κ1) is 17.4. The predicted molar refractivity (Wildman–Crippen MR) is 111 cm³/mol. The Balaban J connectivity index is 1.40. The van der Waals surface area contributed by atoms with Crippen molar-refractivity contribution >= 4 is 17.2 Å². The van der Waals surface area contributed by atoms with Crippen LogP contribution < -0.4 is 14.5 Å². The first-order valence-electron chi connectivity index (χ1n) is 9.58. The molecule has 0 saturated carbocycles. The van der Waals surface area contributed by atoms with E-state index in [0.717, 1.165) is 49.0 Å². The molecule has 0 atom stereocenters. The van der Waals surface area contributed by atoms with Crippen molar-refractivity contribution in [1.29, 1.82) is 0 Å². The Bertz CT molecular complexity index is 1120. The second kappa shape index (κ2) is 7.38. The maximum absolute atomic E-state index is 5.34. The van der Waals surface area contributed by atoms with Crippen LogP contribution in [0.3, 0.4) is 0 Å². The Morgan fingerprint density at radius 3 is 2.45 bits per heavy atom. The third-order valence-corrected chi connectivity index (χ3v) is 5.21. The molecule has 0 aliphatic carbocycles. The van der Waals surface area contributed by atoms with Crippen molar-refractivity contribution in [1.82, 2.24) is 24.8 Å². The Morgan fingerprint density at radius 2 is 1.66 bits per heavy atom. The van der Waals surface area contributed by atoms with Crippen LogP contribution in [0.5, 0.6) is 5.75 Å². The summed E-state index contributed by atoms with van der Waals surface area (Å²) >= 11 is 0. The van der Waals surface area contributed by atoms with Crippen molar-refractivity contribution < 1.29 is 4.74 Å². The summed E-state index contributed by atoms with van der Waals surface area (Å²) in [7, 11) is 1.66. The monoisotopic (exact) mass is 387 g/mol. The second-order valence-corrected chi connectivity index (χ2v) is 6.90. The summed E-state index contributed by atoms with van der Waals surface area (Å²) in [5, 5.41) is 13.4. The van der Waals surface area contributed by atoms with E-state index in [2.05, 4.69) is 37.1 Å². The molecule has 4 heterocycles. The van der Waals surface area contributed by atoms with Crippen molar-refractivity contribution in [2.24, 2.45) is 0 Å². The largest absolute Gasteiger partial charge is 0.497 e. The summed E-state index contributed by atoms with van der Waals surface area (Å²) < 4.78 is 7.14. The van der Waals surface area contributed by atoms with Gasteiger partial charge < -0.3 is 14.5 Å². The number of anilines is 2. The topological polar surface area (TPSA) is 71.7 Å². The number of benzene rings is 1. The molecule has 5 rings (SSSR count). The molecule has 1 aromatic carbocycles. The molecule has 8 nitrogen and oxygen atoms in total. The number of nitrogens with zero attached hydrogens (tertiary/aromatic N) is 7. The lowest BCUT2D eigenvalue weighted by molar-refractivity contribution is 0.415. The van der Waals surface area contributed by atoms with Gasteiger partial charge in [-0.15, -0.1) is 15.3 Å². The fraction of sp³-hybridized carbons (Fsp3) is 0.238. The van der Waals surface area contributed by atoms with E-state index in [1.54, 1.807) is 11.6 Å². The van der Waals surface area contributed by atoms with Gasteiger partial charge in [-0.2, -0.15) is 4.52 Å². The van der Waals surface area contributed by atoms with Crippen molar-refractivity contribution in [3.05, 3.63) is 60.9 Å². The van der Waals surface area contributed by atoms with E-state index in [9.17, 15) is 0 Å². The molecule has 146 valence electrons. The maximum Gasteiger partial charge on any atom is 0.185 e. The molecule has 1 aliphatic rings. The van der Waals surface area contributed by atoms with Gasteiger partial charge in [-0.3, -0.25) is 4.98 Å². The van der Waals surface area contributed by atoms with Crippen LogP contribution in [0.25, 0.3) is 17.0 Å². The van der Waals surface area contributed by atoms with Crippen LogP contribution in [0.15, 0.2) is 60.9 Å². The highest BCUT2D eigenvalue weighted by Gasteiger charge is 2.20. The van der Waals surface area contributed by atoms with E-state index >= 15 is 0 Å². The molecule has 3 aromatic heterocycles. The average Bonchev–Trinajstić information content (AvgIpc) is 3.23. The molecular formula is C21H21N7O. The first-order chi connectivity index (χ1) is 14.3. The number of hydrogen-bond acceptors (Lipinski definition) is 7. The quantitative estimate of drug-likeness (QED) is 0.533. The Hall–Kier alpha value is -3.68. The fourth-order valence-electron chi connectivity index (χ4n) is 3.64. The lowest BCUT2D eigenvalue weighted by Crippen LogP contribution is -2.47. The van der Waals surface area contributed by atoms with Crippen LogP contribution in [0.2, 0.25) is 0 Å². The molecule has 29 heavy (non-hydrogen) atoms. The molecule has 1 saturated heterocycles. The Labute approximate surface area is 168 Å². The van der Waals surface area contributed by atoms with Gasteiger partial charge in [-0.1, -0.05) is 12.1 Å². The minimum absolute atomic E-state index is 0.705. The van der Waals surface area contributed by atoms with Gasteiger partial charge >= 0.3 is 0 Å². The van der Waals surface area contributed by atoms with Crippen LogP contribution in [-0.4, -0.2) is 58.1 Å². The zero-order valence-electron chi connectivity index (χ0n) is 16.1. The molecule has 0 unspecified atom stereocenters. The molecule has 0 bridgehead atoms. The van der Waals surface area contributed by atoms with Gasteiger partial charge in [0.1, 0.15) is 11.6 Å². The first-order valence-corrected chi connectivity index (χ1v) is 9.58. The lowest BCUT2D eigenvalue weighted by Gasteiger charge is -2.36. The molecule has 1 fully saturated rings. The zero-order valence-corrected chi connectivity index (χ0v) is 16.1. The molecule has 1 aliphatic heterocycles. The number of fused-ring (bicyclic) bond motifs is 1. The van der Waals surface area contributed by atoms with Gasteiger partial charge in [0.2, 0.25) is 0 Å². The minimum Gasteiger partial charge on any atom is -0.497 e. The van der Waals surface area contributed by atoms with Crippen molar-refractivity contribution in [3.8, 4) is 17.1 Å². The summed E-state index contributed by atoms with van der Waals surface area (Å²) in [5.41, 5.74) is 2.85. The third kappa shape index (κ3) is 3.33.